The smallest absolute Gasteiger partial charge is 0.324 e. The summed E-state index contributed by atoms with van der Waals surface area (Å²) in [7, 11) is 3.90. The molecule has 0 radical (unpaired) electrons. The molecule has 17 heavy (non-hydrogen) atoms. The van der Waals surface area contributed by atoms with E-state index in [9.17, 15) is 4.79 Å². The van der Waals surface area contributed by atoms with Crippen LogP contribution in [-0.2, 0) is 0 Å². The number of para-hydroxylation sites is 2. The number of hydrogen-bond acceptors (Lipinski definition) is 2. The molecule has 4 heteroatoms. The molecule has 0 unspecified atom stereocenters. The van der Waals surface area contributed by atoms with Gasteiger partial charge in [-0.15, -0.1) is 0 Å². The van der Waals surface area contributed by atoms with Crippen LogP contribution in [0.2, 0.25) is 0 Å². The topological polar surface area (TPSA) is 26.8 Å². The molecule has 2 amide bonds. The quantitative estimate of drug-likeness (QED) is 0.742. The number of anilines is 2. The number of likely N-dealkylation sites (N-methyl/N-ethyl adjacent to an activating group) is 1. The summed E-state index contributed by atoms with van der Waals surface area (Å²) in [6.07, 6.45) is 0. The van der Waals surface area contributed by atoms with E-state index in [4.69, 9.17) is 0 Å². The van der Waals surface area contributed by atoms with Crippen molar-refractivity contribution in [2.24, 2.45) is 0 Å². The molecule has 92 valence electrons. The standard InChI is InChI=1S/C13H19N3O/c1-4-14(2)13(17)16-10-9-15(3)11-7-5-6-8-12(11)16/h5-8H,4,9-10H2,1-3H3. The van der Waals surface area contributed by atoms with Crippen LogP contribution in [0.1, 0.15) is 6.92 Å². The van der Waals surface area contributed by atoms with Crippen molar-refractivity contribution in [2.45, 2.75) is 6.92 Å². The molecular formula is C13H19N3O. The fourth-order valence-electron chi connectivity index (χ4n) is 2.05. The third-order valence-corrected chi connectivity index (χ3v) is 3.27. The lowest BCUT2D eigenvalue weighted by Crippen LogP contribution is -2.47. The number of hydrogen-bond donors (Lipinski definition) is 0. The summed E-state index contributed by atoms with van der Waals surface area (Å²) >= 11 is 0. The third-order valence-electron chi connectivity index (χ3n) is 3.27. The summed E-state index contributed by atoms with van der Waals surface area (Å²) in [5.74, 6) is 0. The van der Waals surface area contributed by atoms with Crippen molar-refractivity contribution in [3.63, 3.8) is 0 Å². The van der Waals surface area contributed by atoms with Gasteiger partial charge in [0.1, 0.15) is 0 Å². The average Bonchev–Trinajstić information content (AvgIpc) is 2.38. The first-order valence-corrected chi connectivity index (χ1v) is 5.98. The van der Waals surface area contributed by atoms with Crippen molar-refractivity contribution < 1.29 is 4.79 Å². The molecule has 0 aliphatic carbocycles. The van der Waals surface area contributed by atoms with Gasteiger partial charge in [0, 0.05) is 33.7 Å². The predicted molar refractivity (Wildman–Crippen MR) is 70.8 cm³/mol. The molecule has 1 aliphatic rings. The minimum absolute atomic E-state index is 0.0769. The molecule has 0 aromatic heterocycles. The maximum atomic E-state index is 12.2. The molecule has 0 atom stereocenters. The molecule has 0 fully saturated rings. The van der Waals surface area contributed by atoms with E-state index < -0.39 is 0 Å². The van der Waals surface area contributed by atoms with Gasteiger partial charge in [0.2, 0.25) is 0 Å². The summed E-state index contributed by atoms with van der Waals surface area (Å²) in [6, 6.07) is 8.12. The maximum Gasteiger partial charge on any atom is 0.324 e. The largest absolute Gasteiger partial charge is 0.371 e. The predicted octanol–water partition coefficient (Wildman–Crippen LogP) is 2.01. The highest BCUT2D eigenvalue weighted by atomic mass is 16.2. The lowest BCUT2D eigenvalue weighted by molar-refractivity contribution is 0.217. The molecule has 0 saturated heterocycles. The van der Waals surface area contributed by atoms with Gasteiger partial charge in [-0.2, -0.15) is 0 Å². The van der Waals surface area contributed by atoms with Crippen LogP contribution in [0.15, 0.2) is 24.3 Å². The Labute approximate surface area is 102 Å². The molecule has 0 saturated carbocycles. The second-order valence-corrected chi connectivity index (χ2v) is 4.36. The SMILES string of the molecule is CCN(C)C(=O)N1CCN(C)c2ccccc21. The van der Waals surface area contributed by atoms with Gasteiger partial charge in [-0.3, -0.25) is 4.90 Å². The van der Waals surface area contributed by atoms with Crippen molar-refractivity contribution in [1.29, 1.82) is 0 Å². The Balaban J connectivity index is 2.33. The van der Waals surface area contributed by atoms with Gasteiger partial charge < -0.3 is 9.80 Å². The average molecular weight is 233 g/mol. The number of carbonyl (C=O) groups excluding carboxylic acids is 1. The summed E-state index contributed by atoms with van der Waals surface area (Å²) in [4.78, 5) is 18.0. The highest BCUT2D eigenvalue weighted by molar-refractivity contribution is 5.96. The first kappa shape index (κ1) is 11.8. The number of rotatable bonds is 1. The zero-order valence-corrected chi connectivity index (χ0v) is 10.7. The van der Waals surface area contributed by atoms with Crippen molar-refractivity contribution in [3.05, 3.63) is 24.3 Å². The van der Waals surface area contributed by atoms with Gasteiger partial charge in [0.15, 0.2) is 0 Å². The van der Waals surface area contributed by atoms with Crippen LogP contribution in [0.3, 0.4) is 0 Å². The van der Waals surface area contributed by atoms with E-state index in [0.29, 0.717) is 0 Å². The summed E-state index contributed by atoms with van der Waals surface area (Å²) in [5, 5.41) is 0. The second kappa shape index (κ2) is 4.65. The zero-order chi connectivity index (χ0) is 12.4. The molecule has 0 spiro atoms. The van der Waals surface area contributed by atoms with Gasteiger partial charge in [0.25, 0.3) is 0 Å². The maximum absolute atomic E-state index is 12.2. The number of urea groups is 1. The Morgan fingerprint density at radius 1 is 1.29 bits per heavy atom. The molecule has 1 aromatic carbocycles. The van der Waals surface area contributed by atoms with Gasteiger partial charge in [-0.25, -0.2) is 4.79 Å². The van der Waals surface area contributed by atoms with Crippen LogP contribution < -0.4 is 9.80 Å². The lowest BCUT2D eigenvalue weighted by atomic mass is 10.2. The monoisotopic (exact) mass is 233 g/mol. The Hall–Kier alpha value is -1.71. The number of amides is 2. The normalized spacial score (nSPS) is 14.5. The van der Waals surface area contributed by atoms with Gasteiger partial charge in [0.05, 0.1) is 11.4 Å². The summed E-state index contributed by atoms with van der Waals surface area (Å²) in [5.41, 5.74) is 2.13. The molecule has 1 heterocycles. The van der Waals surface area contributed by atoms with E-state index in [-0.39, 0.29) is 6.03 Å². The Morgan fingerprint density at radius 2 is 1.94 bits per heavy atom. The molecule has 0 N–H and O–H groups in total. The minimum atomic E-state index is 0.0769. The fourth-order valence-corrected chi connectivity index (χ4v) is 2.05. The highest BCUT2D eigenvalue weighted by Crippen LogP contribution is 2.32. The molecule has 4 nitrogen and oxygen atoms in total. The Kier molecular flexibility index (Phi) is 3.22. The van der Waals surface area contributed by atoms with Gasteiger partial charge >= 0.3 is 6.03 Å². The molecule has 0 bridgehead atoms. The van der Waals surface area contributed by atoms with Crippen LogP contribution in [0, 0.1) is 0 Å². The molecule has 2 rings (SSSR count). The highest BCUT2D eigenvalue weighted by Gasteiger charge is 2.26. The fraction of sp³-hybridized carbons (Fsp3) is 0.462. The Bertz CT molecular complexity index is 419. The van der Waals surface area contributed by atoms with Crippen molar-refractivity contribution in [1.82, 2.24) is 4.90 Å². The second-order valence-electron chi connectivity index (χ2n) is 4.36. The van der Waals surface area contributed by atoms with Gasteiger partial charge in [-0.05, 0) is 19.1 Å². The lowest BCUT2D eigenvalue weighted by Gasteiger charge is -2.37. The third kappa shape index (κ3) is 2.07. The van der Waals surface area contributed by atoms with E-state index in [0.717, 1.165) is 31.0 Å². The van der Waals surface area contributed by atoms with Gasteiger partial charge in [-0.1, -0.05) is 12.1 Å². The summed E-state index contributed by atoms with van der Waals surface area (Å²) in [6.45, 7) is 4.34. The number of nitrogens with zero attached hydrogens (tertiary/aromatic N) is 3. The van der Waals surface area contributed by atoms with Crippen LogP contribution in [0.4, 0.5) is 16.2 Å². The van der Waals surface area contributed by atoms with Crippen LogP contribution in [-0.4, -0.2) is 44.7 Å². The molecular weight excluding hydrogens is 214 g/mol. The first-order valence-electron chi connectivity index (χ1n) is 5.98. The van der Waals surface area contributed by atoms with E-state index in [1.807, 2.05) is 37.1 Å². The van der Waals surface area contributed by atoms with Crippen LogP contribution in [0.5, 0.6) is 0 Å². The van der Waals surface area contributed by atoms with E-state index >= 15 is 0 Å². The Morgan fingerprint density at radius 3 is 2.59 bits per heavy atom. The van der Waals surface area contributed by atoms with Crippen LogP contribution in [0.25, 0.3) is 0 Å². The molecule has 1 aromatic rings. The number of carbonyl (C=O) groups is 1. The van der Waals surface area contributed by atoms with E-state index in [2.05, 4.69) is 18.0 Å². The van der Waals surface area contributed by atoms with Crippen LogP contribution >= 0.6 is 0 Å². The van der Waals surface area contributed by atoms with Crippen molar-refractivity contribution >= 4 is 17.4 Å². The number of fused-ring (bicyclic) bond motifs is 1. The summed E-state index contributed by atoms with van der Waals surface area (Å²) < 4.78 is 0. The molecule has 1 aliphatic heterocycles. The van der Waals surface area contributed by atoms with Crippen molar-refractivity contribution in [2.75, 3.05) is 43.5 Å². The number of benzene rings is 1. The van der Waals surface area contributed by atoms with E-state index in [1.54, 1.807) is 4.90 Å². The van der Waals surface area contributed by atoms with E-state index in [1.165, 1.54) is 0 Å². The van der Waals surface area contributed by atoms with Crippen molar-refractivity contribution in [3.8, 4) is 0 Å². The minimum Gasteiger partial charge on any atom is -0.371 e. The first-order chi connectivity index (χ1) is 8.15. The zero-order valence-electron chi connectivity index (χ0n) is 10.7.